The number of benzene rings is 2. The molecule has 1 aliphatic rings. The lowest BCUT2D eigenvalue weighted by Crippen LogP contribution is -2.43. The summed E-state index contributed by atoms with van der Waals surface area (Å²) in [4.78, 5) is 2.42. The summed E-state index contributed by atoms with van der Waals surface area (Å²) >= 11 is 0. The van der Waals surface area contributed by atoms with Crippen molar-refractivity contribution in [2.24, 2.45) is 0 Å². The standard InChI is InChI=1S/C20H25NO2/c22-20(18-8-3-1-4-9-18)12-15-21(16-13-20)14-7-17-23-19-10-5-2-6-11-19/h1-6,8-11,22H,7,12-17H2. The zero-order valence-electron chi connectivity index (χ0n) is 13.5. The van der Waals surface area contributed by atoms with Gasteiger partial charge in [-0.05, 0) is 37.0 Å². The van der Waals surface area contributed by atoms with Gasteiger partial charge in [0.25, 0.3) is 0 Å². The average Bonchev–Trinajstić information content (AvgIpc) is 2.62. The van der Waals surface area contributed by atoms with Crippen LogP contribution in [-0.4, -0.2) is 36.2 Å². The third-order valence-corrected chi connectivity index (χ3v) is 4.62. The molecule has 3 rings (SSSR count). The Labute approximate surface area is 138 Å². The van der Waals surface area contributed by atoms with Crippen LogP contribution in [0.4, 0.5) is 0 Å². The Hall–Kier alpha value is -1.84. The van der Waals surface area contributed by atoms with Gasteiger partial charge in [-0.1, -0.05) is 48.5 Å². The Morgan fingerprint density at radius 1 is 0.913 bits per heavy atom. The van der Waals surface area contributed by atoms with Crippen LogP contribution in [0.2, 0.25) is 0 Å². The van der Waals surface area contributed by atoms with Crippen molar-refractivity contribution in [3.8, 4) is 5.75 Å². The van der Waals surface area contributed by atoms with Crippen LogP contribution in [0.25, 0.3) is 0 Å². The molecule has 122 valence electrons. The minimum Gasteiger partial charge on any atom is -0.494 e. The molecule has 0 saturated carbocycles. The van der Waals surface area contributed by atoms with Crippen molar-refractivity contribution in [3.63, 3.8) is 0 Å². The zero-order chi connectivity index (χ0) is 16.0. The number of hydrogen-bond donors (Lipinski definition) is 1. The van der Waals surface area contributed by atoms with Gasteiger partial charge >= 0.3 is 0 Å². The third-order valence-electron chi connectivity index (χ3n) is 4.62. The van der Waals surface area contributed by atoms with Gasteiger partial charge in [-0.25, -0.2) is 0 Å². The van der Waals surface area contributed by atoms with E-state index in [-0.39, 0.29) is 0 Å². The molecule has 3 heteroatoms. The number of hydrogen-bond acceptors (Lipinski definition) is 3. The van der Waals surface area contributed by atoms with Gasteiger partial charge in [0.15, 0.2) is 0 Å². The molecule has 0 atom stereocenters. The van der Waals surface area contributed by atoms with Crippen molar-refractivity contribution in [2.75, 3.05) is 26.2 Å². The van der Waals surface area contributed by atoms with Crippen LogP contribution in [0.15, 0.2) is 60.7 Å². The van der Waals surface area contributed by atoms with Crippen LogP contribution < -0.4 is 4.74 Å². The van der Waals surface area contributed by atoms with E-state index >= 15 is 0 Å². The number of aliphatic hydroxyl groups is 1. The molecular weight excluding hydrogens is 286 g/mol. The largest absolute Gasteiger partial charge is 0.494 e. The summed E-state index contributed by atoms with van der Waals surface area (Å²) in [7, 11) is 0. The molecule has 2 aromatic carbocycles. The van der Waals surface area contributed by atoms with E-state index in [1.807, 2.05) is 60.7 Å². The molecule has 2 aromatic rings. The van der Waals surface area contributed by atoms with Gasteiger partial charge in [0.05, 0.1) is 12.2 Å². The lowest BCUT2D eigenvalue weighted by atomic mass is 9.84. The normalized spacial score (nSPS) is 17.8. The molecule has 0 amide bonds. The maximum Gasteiger partial charge on any atom is 0.119 e. The molecule has 1 fully saturated rings. The second-order valence-corrected chi connectivity index (χ2v) is 6.25. The van der Waals surface area contributed by atoms with Crippen LogP contribution >= 0.6 is 0 Å². The number of piperidine rings is 1. The quantitative estimate of drug-likeness (QED) is 0.830. The van der Waals surface area contributed by atoms with Gasteiger partial charge in [0.1, 0.15) is 5.75 Å². The number of ether oxygens (including phenoxy) is 1. The Balaban J connectivity index is 1.39. The first-order chi connectivity index (χ1) is 11.3. The summed E-state index contributed by atoms with van der Waals surface area (Å²) in [6.45, 7) is 3.65. The summed E-state index contributed by atoms with van der Waals surface area (Å²) in [6, 6.07) is 20.0. The Bertz CT molecular complexity index is 577. The molecule has 1 saturated heterocycles. The van der Waals surface area contributed by atoms with Crippen molar-refractivity contribution in [2.45, 2.75) is 24.9 Å². The lowest BCUT2D eigenvalue weighted by molar-refractivity contribution is -0.0264. The smallest absolute Gasteiger partial charge is 0.119 e. The predicted octanol–water partition coefficient (Wildman–Crippen LogP) is 3.44. The van der Waals surface area contributed by atoms with Crippen LogP contribution in [-0.2, 0) is 5.60 Å². The highest BCUT2D eigenvalue weighted by Crippen LogP contribution is 2.32. The van der Waals surface area contributed by atoms with E-state index in [0.29, 0.717) is 0 Å². The summed E-state index contributed by atoms with van der Waals surface area (Å²) < 4.78 is 5.73. The fraction of sp³-hybridized carbons (Fsp3) is 0.400. The van der Waals surface area contributed by atoms with E-state index in [0.717, 1.165) is 56.8 Å². The number of likely N-dealkylation sites (tertiary alicyclic amines) is 1. The van der Waals surface area contributed by atoms with Crippen LogP contribution in [0.3, 0.4) is 0 Å². The van der Waals surface area contributed by atoms with Gasteiger partial charge in [-0.3, -0.25) is 0 Å². The molecule has 0 radical (unpaired) electrons. The molecule has 0 bridgehead atoms. The van der Waals surface area contributed by atoms with Gasteiger partial charge < -0.3 is 14.7 Å². The van der Waals surface area contributed by atoms with E-state index in [2.05, 4.69) is 4.90 Å². The first kappa shape index (κ1) is 16.0. The SMILES string of the molecule is OC1(c2ccccc2)CCN(CCCOc2ccccc2)CC1. The van der Waals surface area contributed by atoms with E-state index in [9.17, 15) is 5.11 Å². The minimum atomic E-state index is -0.654. The molecule has 0 aliphatic carbocycles. The van der Waals surface area contributed by atoms with E-state index in [1.54, 1.807) is 0 Å². The summed E-state index contributed by atoms with van der Waals surface area (Å²) in [5.41, 5.74) is 0.394. The highest BCUT2D eigenvalue weighted by molar-refractivity contribution is 5.23. The van der Waals surface area contributed by atoms with Crippen molar-refractivity contribution < 1.29 is 9.84 Å². The maximum absolute atomic E-state index is 10.8. The average molecular weight is 311 g/mol. The number of rotatable bonds is 6. The fourth-order valence-electron chi connectivity index (χ4n) is 3.18. The molecule has 0 aromatic heterocycles. The van der Waals surface area contributed by atoms with E-state index in [4.69, 9.17) is 4.74 Å². The molecular formula is C20H25NO2. The Morgan fingerprint density at radius 3 is 2.17 bits per heavy atom. The van der Waals surface area contributed by atoms with Crippen molar-refractivity contribution in [3.05, 3.63) is 66.2 Å². The molecule has 1 aliphatic heterocycles. The van der Waals surface area contributed by atoms with Gasteiger partial charge in [0.2, 0.25) is 0 Å². The van der Waals surface area contributed by atoms with Gasteiger partial charge in [-0.2, -0.15) is 0 Å². The summed E-state index contributed by atoms with van der Waals surface area (Å²) in [6.07, 6.45) is 2.62. The molecule has 1 heterocycles. The third kappa shape index (κ3) is 4.34. The lowest BCUT2D eigenvalue weighted by Gasteiger charge is -2.38. The number of para-hydroxylation sites is 1. The highest BCUT2D eigenvalue weighted by atomic mass is 16.5. The van der Waals surface area contributed by atoms with E-state index in [1.165, 1.54) is 0 Å². The van der Waals surface area contributed by atoms with Crippen molar-refractivity contribution >= 4 is 0 Å². The molecule has 3 nitrogen and oxygen atoms in total. The van der Waals surface area contributed by atoms with Crippen LogP contribution in [0, 0.1) is 0 Å². The van der Waals surface area contributed by atoms with Crippen molar-refractivity contribution in [1.29, 1.82) is 0 Å². The second kappa shape index (κ2) is 7.62. The van der Waals surface area contributed by atoms with Crippen LogP contribution in [0.5, 0.6) is 5.75 Å². The fourth-order valence-corrected chi connectivity index (χ4v) is 3.18. The van der Waals surface area contributed by atoms with E-state index < -0.39 is 5.60 Å². The van der Waals surface area contributed by atoms with Crippen molar-refractivity contribution in [1.82, 2.24) is 4.90 Å². The maximum atomic E-state index is 10.8. The Morgan fingerprint density at radius 2 is 1.52 bits per heavy atom. The Kier molecular flexibility index (Phi) is 5.31. The summed E-state index contributed by atoms with van der Waals surface area (Å²) in [5.74, 6) is 0.935. The van der Waals surface area contributed by atoms with Crippen LogP contribution in [0.1, 0.15) is 24.8 Å². The predicted molar refractivity (Wildman–Crippen MR) is 92.6 cm³/mol. The minimum absolute atomic E-state index is 0.654. The second-order valence-electron chi connectivity index (χ2n) is 6.25. The monoisotopic (exact) mass is 311 g/mol. The highest BCUT2D eigenvalue weighted by Gasteiger charge is 2.33. The summed E-state index contributed by atoms with van der Waals surface area (Å²) in [5, 5.41) is 10.8. The molecule has 0 unspecified atom stereocenters. The van der Waals surface area contributed by atoms with Gasteiger partial charge in [-0.15, -0.1) is 0 Å². The number of nitrogens with zero attached hydrogens (tertiary/aromatic N) is 1. The molecule has 1 N–H and O–H groups in total. The molecule has 23 heavy (non-hydrogen) atoms. The van der Waals surface area contributed by atoms with Gasteiger partial charge in [0, 0.05) is 19.6 Å². The zero-order valence-corrected chi connectivity index (χ0v) is 13.5. The topological polar surface area (TPSA) is 32.7 Å². The first-order valence-corrected chi connectivity index (χ1v) is 8.44. The molecule has 0 spiro atoms. The first-order valence-electron chi connectivity index (χ1n) is 8.44.